The molecule has 0 aromatic carbocycles. The van der Waals surface area contributed by atoms with Gasteiger partial charge in [-0.2, -0.15) is 4.39 Å². The predicted octanol–water partition coefficient (Wildman–Crippen LogP) is 2.40. The second-order valence-corrected chi connectivity index (χ2v) is 8.45. The Labute approximate surface area is 178 Å². The maximum atomic E-state index is 13.3. The summed E-state index contributed by atoms with van der Waals surface area (Å²) in [5.74, 6) is -1.11. The third kappa shape index (κ3) is 11.1. The van der Waals surface area contributed by atoms with Crippen molar-refractivity contribution >= 4 is 13.8 Å². The van der Waals surface area contributed by atoms with E-state index in [4.69, 9.17) is 23.3 Å². The number of hydrogen-bond acceptors (Lipinski definition) is 9. The second-order valence-electron chi connectivity index (χ2n) is 6.35. The molecule has 13 heteroatoms. The Bertz CT molecular complexity index is 882. The molecule has 0 bridgehead atoms. The fraction of sp³-hybridized carbons (Fsp3) is 0.611. The van der Waals surface area contributed by atoms with E-state index in [1.165, 1.54) is 12.2 Å². The summed E-state index contributed by atoms with van der Waals surface area (Å²) in [6.45, 7) is 5.40. The van der Waals surface area contributed by atoms with Gasteiger partial charge in [0.2, 0.25) is 12.6 Å². The Balaban J connectivity index is 2.67. The SMILES string of the molecule is CCOCCCOP(=O)(C/C=C/Cn1cc(F)c(=O)[nH]c1=O)OCOC(=O)OC(C)C. The number of carbonyl (C=O) groups is 1. The van der Waals surface area contributed by atoms with Crippen LogP contribution in [0, 0.1) is 5.82 Å². The van der Waals surface area contributed by atoms with Gasteiger partial charge < -0.3 is 18.7 Å². The van der Waals surface area contributed by atoms with Crippen molar-refractivity contribution in [2.75, 3.05) is 32.8 Å². The number of aromatic amines is 1. The number of nitrogens with one attached hydrogen (secondary N) is 1. The van der Waals surface area contributed by atoms with Crippen LogP contribution in [0.1, 0.15) is 27.2 Å². The summed E-state index contributed by atoms with van der Waals surface area (Å²) >= 11 is 0. The Kier molecular flexibility index (Phi) is 12.0. The molecule has 0 aliphatic carbocycles. The van der Waals surface area contributed by atoms with E-state index in [1.54, 1.807) is 13.8 Å². The van der Waals surface area contributed by atoms with Crippen LogP contribution in [0.15, 0.2) is 27.9 Å². The van der Waals surface area contributed by atoms with Crippen molar-refractivity contribution in [2.45, 2.75) is 39.8 Å². The van der Waals surface area contributed by atoms with Crippen LogP contribution in [0.2, 0.25) is 0 Å². The molecule has 1 aromatic heterocycles. The van der Waals surface area contributed by atoms with Crippen LogP contribution in [0.3, 0.4) is 0 Å². The lowest BCUT2D eigenvalue weighted by atomic mass is 10.5. The molecule has 1 aromatic rings. The van der Waals surface area contributed by atoms with Gasteiger partial charge in [-0.25, -0.2) is 9.59 Å². The summed E-state index contributed by atoms with van der Waals surface area (Å²) in [6, 6.07) is 0. The van der Waals surface area contributed by atoms with Gasteiger partial charge in [0.1, 0.15) is 0 Å². The van der Waals surface area contributed by atoms with E-state index in [2.05, 4.69) is 0 Å². The van der Waals surface area contributed by atoms with E-state index in [0.717, 1.165) is 10.8 Å². The van der Waals surface area contributed by atoms with Crippen molar-refractivity contribution in [3.63, 3.8) is 0 Å². The second kappa shape index (κ2) is 13.9. The summed E-state index contributed by atoms with van der Waals surface area (Å²) in [5.41, 5.74) is -1.90. The first-order valence-electron chi connectivity index (χ1n) is 9.60. The minimum atomic E-state index is -3.70. The molecule has 0 aliphatic rings. The van der Waals surface area contributed by atoms with Gasteiger partial charge in [0.05, 0.1) is 25.1 Å². The highest BCUT2D eigenvalue weighted by Crippen LogP contribution is 2.48. The Morgan fingerprint density at radius 2 is 2.00 bits per heavy atom. The Morgan fingerprint density at radius 1 is 1.26 bits per heavy atom. The van der Waals surface area contributed by atoms with Crippen LogP contribution >= 0.6 is 7.60 Å². The average Bonchev–Trinajstić information content (AvgIpc) is 2.68. The van der Waals surface area contributed by atoms with Gasteiger partial charge in [-0.1, -0.05) is 12.2 Å². The smallest absolute Gasteiger partial charge is 0.432 e. The molecule has 0 aliphatic heterocycles. The van der Waals surface area contributed by atoms with Crippen molar-refractivity contribution in [3.05, 3.63) is 45.0 Å². The van der Waals surface area contributed by atoms with Crippen molar-refractivity contribution in [1.29, 1.82) is 0 Å². The third-order valence-corrected chi connectivity index (χ3v) is 5.18. The fourth-order valence-electron chi connectivity index (χ4n) is 2.04. The highest BCUT2D eigenvalue weighted by Gasteiger charge is 2.24. The van der Waals surface area contributed by atoms with Gasteiger partial charge in [0.25, 0.3) is 5.56 Å². The highest BCUT2D eigenvalue weighted by atomic mass is 31.2. The number of aromatic nitrogens is 2. The molecule has 0 spiro atoms. The van der Waals surface area contributed by atoms with Crippen molar-refractivity contribution < 1.29 is 37.0 Å². The molecule has 1 rings (SSSR count). The van der Waals surface area contributed by atoms with Gasteiger partial charge in [0, 0.05) is 19.8 Å². The summed E-state index contributed by atoms with van der Waals surface area (Å²) in [7, 11) is -3.70. The van der Waals surface area contributed by atoms with Gasteiger partial charge in [-0.15, -0.1) is 0 Å². The molecular weight excluding hydrogens is 438 g/mol. The topological polar surface area (TPSA) is 135 Å². The molecule has 0 fully saturated rings. The number of allylic oxidation sites excluding steroid dienone is 2. The number of hydrogen-bond donors (Lipinski definition) is 1. The molecule has 0 amide bonds. The minimum absolute atomic E-state index is 0.0755. The molecule has 176 valence electrons. The normalized spacial score (nSPS) is 13.5. The number of ether oxygens (including phenoxy) is 3. The molecule has 1 unspecified atom stereocenters. The summed E-state index contributed by atoms with van der Waals surface area (Å²) in [4.78, 5) is 35.9. The molecular formula is C18H28FN2O9P. The van der Waals surface area contributed by atoms with Gasteiger partial charge >= 0.3 is 19.4 Å². The summed E-state index contributed by atoms with van der Waals surface area (Å²) < 4.78 is 52.2. The quantitative estimate of drug-likeness (QED) is 0.144. The van der Waals surface area contributed by atoms with Crippen LogP contribution in [0.5, 0.6) is 0 Å². The van der Waals surface area contributed by atoms with Gasteiger partial charge in [0.15, 0.2) is 0 Å². The maximum absolute atomic E-state index is 13.3. The number of H-pyrrole nitrogens is 1. The molecule has 1 heterocycles. The molecule has 0 saturated heterocycles. The standard InChI is InChI=1S/C18H28FN2O9P/c1-4-26-9-7-10-28-31(25,29-13-27-18(24)30-14(2)3)11-6-5-8-21-12-15(19)16(22)20-17(21)23/h5-6,12,14H,4,7-11,13H2,1-3H3,(H,20,22,23)/b6-5+. The van der Waals surface area contributed by atoms with Crippen LogP contribution in [-0.4, -0.2) is 54.6 Å². The largest absolute Gasteiger partial charge is 0.510 e. The first-order chi connectivity index (χ1) is 14.7. The number of halogens is 1. The van der Waals surface area contributed by atoms with Crippen LogP contribution in [-0.2, 0) is 34.4 Å². The zero-order chi connectivity index (χ0) is 23.3. The average molecular weight is 466 g/mol. The van der Waals surface area contributed by atoms with Crippen LogP contribution in [0.4, 0.5) is 9.18 Å². The first-order valence-corrected chi connectivity index (χ1v) is 11.3. The number of carbonyl (C=O) groups excluding carboxylic acids is 1. The van der Waals surface area contributed by atoms with E-state index < -0.39 is 43.7 Å². The molecule has 31 heavy (non-hydrogen) atoms. The lowest BCUT2D eigenvalue weighted by Crippen LogP contribution is -2.31. The monoisotopic (exact) mass is 466 g/mol. The zero-order valence-corrected chi connectivity index (χ0v) is 18.6. The Morgan fingerprint density at radius 3 is 2.68 bits per heavy atom. The number of nitrogens with zero attached hydrogens (tertiary/aromatic N) is 1. The molecule has 1 atom stereocenters. The summed E-state index contributed by atoms with van der Waals surface area (Å²) in [6.07, 6.45) is 2.49. The zero-order valence-electron chi connectivity index (χ0n) is 17.7. The molecule has 11 nitrogen and oxygen atoms in total. The van der Waals surface area contributed by atoms with Gasteiger partial charge in [-0.05, 0) is 27.2 Å². The maximum Gasteiger partial charge on any atom is 0.510 e. The molecule has 1 N–H and O–H groups in total. The lowest BCUT2D eigenvalue weighted by Gasteiger charge is -2.17. The molecule has 0 saturated carbocycles. The van der Waals surface area contributed by atoms with E-state index >= 15 is 0 Å². The fourth-order valence-corrected chi connectivity index (χ4v) is 3.36. The first kappa shape index (κ1) is 26.8. The Hall–Kier alpha value is -2.27. The van der Waals surface area contributed by atoms with E-state index in [0.29, 0.717) is 19.6 Å². The van der Waals surface area contributed by atoms with Crippen molar-refractivity contribution in [2.24, 2.45) is 0 Å². The summed E-state index contributed by atoms with van der Waals surface area (Å²) in [5, 5.41) is 0. The van der Waals surface area contributed by atoms with E-state index in [-0.39, 0.29) is 19.3 Å². The minimum Gasteiger partial charge on any atom is -0.432 e. The predicted molar refractivity (Wildman–Crippen MR) is 109 cm³/mol. The molecule has 0 radical (unpaired) electrons. The van der Waals surface area contributed by atoms with E-state index in [9.17, 15) is 23.3 Å². The van der Waals surface area contributed by atoms with Crippen molar-refractivity contribution in [1.82, 2.24) is 9.55 Å². The van der Waals surface area contributed by atoms with E-state index in [1.807, 2.05) is 11.9 Å². The number of rotatable bonds is 14. The van der Waals surface area contributed by atoms with Gasteiger partial charge in [-0.3, -0.25) is 23.4 Å². The lowest BCUT2D eigenvalue weighted by molar-refractivity contribution is -0.0129. The van der Waals surface area contributed by atoms with Crippen LogP contribution in [0.25, 0.3) is 0 Å². The van der Waals surface area contributed by atoms with Crippen molar-refractivity contribution in [3.8, 4) is 0 Å². The third-order valence-electron chi connectivity index (χ3n) is 3.45. The highest BCUT2D eigenvalue weighted by molar-refractivity contribution is 7.54. The van der Waals surface area contributed by atoms with Crippen LogP contribution < -0.4 is 11.2 Å².